The zero-order valence-electron chi connectivity index (χ0n) is 15.9. The molecular formula is C23H12F6OS2. The van der Waals surface area contributed by atoms with E-state index in [2.05, 4.69) is 0 Å². The molecule has 4 aromatic rings. The molecule has 0 aliphatic carbocycles. The number of thiophene rings is 2. The Morgan fingerprint density at radius 3 is 1.34 bits per heavy atom. The fraction of sp³-hybridized carbons (Fsp3) is 0.0870. The van der Waals surface area contributed by atoms with E-state index in [-0.39, 0.29) is 32.0 Å². The van der Waals surface area contributed by atoms with Gasteiger partial charge in [0.25, 0.3) is 0 Å². The topological polar surface area (TPSA) is 17.1 Å². The number of carbonyl (C=O) groups is 1. The molecule has 32 heavy (non-hydrogen) atoms. The van der Waals surface area contributed by atoms with E-state index in [0.29, 0.717) is 0 Å². The van der Waals surface area contributed by atoms with Gasteiger partial charge in [0, 0.05) is 32.0 Å². The summed E-state index contributed by atoms with van der Waals surface area (Å²) in [6.07, 6.45) is -9.25. The Morgan fingerprint density at radius 2 is 0.969 bits per heavy atom. The number of rotatable bonds is 4. The van der Waals surface area contributed by atoms with Gasteiger partial charge in [-0.25, -0.2) is 0 Å². The monoisotopic (exact) mass is 482 g/mol. The highest BCUT2D eigenvalue weighted by molar-refractivity contribution is 7.14. The van der Waals surface area contributed by atoms with Crippen molar-refractivity contribution in [3.8, 4) is 20.9 Å². The normalized spacial score (nSPS) is 12.2. The van der Waals surface area contributed by atoms with Crippen LogP contribution in [0, 0.1) is 0 Å². The van der Waals surface area contributed by atoms with E-state index >= 15 is 0 Å². The van der Waals surface area contributed by atoms with Gasteiger partial charge in [-0.2, -0.15) is 26.3 Å². The highest BCUT2D eigenvalue weighted by Crippen LogP contribution is 2.43. The number of carbonyl (C=O) groups excluding carboxylic acids is 1. The molecule has 4 rings (SSSR count). The fourth-order valence-corrected chi connectivity index (χ4v) is 5.26. The average molecular weight is 482 g/mol. The molecule has 164 valence electrons. The minimum atomic E-state index is -4.62. The van der Waals surface area contributed by atoms with E-state index in [1.807, 2.05) is 0 Å². The van der Waals surface area contributed by atoms with Crippen molar-refractivity contribution in [2.45, 2.75) is 12.4 Å². The van der Waals surface area contributed by atoms with Crippen LogP contribution >= 0.6 is 22.7 Å². The summed E-state index contributed by atoms with van der Waals surface area (Å²) >= 11 is 1.94. The van der Waals surface area contributed by atoms with E-state index in [1.54, 1.807) is 0 Å². The van der Waals surface area contributed by atoms with Gasteiger partial charge in [-0.15, -0.1) is 22.7 Å². The Hall–Kier alpha value is -2.91. The average Bonchev–Trinajstić information content (AvgIpc) is 3.42. The lowest BCUT2D eigenvalue weighted by molar-refractivity contribution is -0.137. The summed E-state index contributed by atoms with van der Waals surface area (Å²) in [6, 6.07) is 12.6. The Bertz CT molecular complexity index is 1180. The SMILES string of the molecule is O=C(c1ccsc1-c1ccccc1C(F)(F)F)c1ccsc1-c1ccccc1C(F)(F)F. The van der Waals surface area contributed by atoms with Crippen molar-refractivity contribution in [3.63, 3.8) is 0 Å². The third kappa shape index (κ3) is 4.10. The van der Waals surface area contributed by atoms with Crippen LogP contribution in [0.15, 0.2) is 71.4 Å². The van der Waals surface area contributed by atoms with Crippen molar-refractivity contribution in [1.29, 1.82) is 0 Å². The Balaban J connectivity index is 1.83. The molecule has 0 bridgehead atoms. The maximum Gasteiger partial charge on any atom is 0.417 e. The maximum absolute atomic E-state index is 13.5. The summed E-state index contributed by atoms with van der Waals surface area (Å²) in [5.41, 5.74) is -2.04. The molecule has 0 saturated carbocycles. The molecule has 0 saturated heterocycles. The van der Waals surface area contributed by atoms with Gasteiger partial charge < -0.3 is 0 Å². The van der Waals surface area contributed by atoms with Crippen molar-refractivity contribution in [2.75, 3.05) is 0 Å². The molecule has 0 amide bonds. The Kier molecular flexibility index (Phi) is 5.72. The molecule has 1 nitrogen and oxygen atoms in total. The number of hydrogen-bond donors (Lipinski definition) is 0. The summed E-state index contributed by atoms with van der Waals surface area (Å²) in [5.74, 6) is -0.633. The van der Waals surface area contributed by atoms with Gasteiger partial charge in [0.15, 0.2) is 5.78 Å². The molecule has 0 aliphatic rings. The predicted molar refractivity (Wildman–Crippen MR) is 113 cm³/mol. The van der Waals surface area contributed by atoms with Gasteiger partial charge in [-0.1, -0.05) is 36.4 Å². The fourth-order valence-electron chi connectivity index (χ4n) is 3.39. The first-order chi connectivity index (χ1) is 15.1. The lowest BCUT2D eigenvalue weighted by atomic mass is 9.96. The maximum atomic E-state index is 13.5. The van der Waals surface area contributed by atoms with E-state index in [1.165, 1.54) is 59.3 Å². The first-order valence-corrected chi connectivity index (χ1v) is 10.9. The summed E-state index contributed by atoms with van der Waals surface area (Å²) < 4.78 is 81.0. The van der Waals surface area contributed by atoms with Crippen molar-refractivity contribution < 1.29 is 31.1 Å². The van der Waals surface area contributed by atoms with Gasteiger partial charge in [0.2, 0.25) is 0 Å². The van der Waals surface area contributed by atoms with Gasteiger partial charge in [-0.05, 0) is 35.0 Å². The number of ketones is 1. The quantitative estimate of drug-likeness (QED) is 0.211. The molecule has 0 aliphatic heterocycles. The van der Waals surface area contributed by atoms with Crippen LogP contribution in [-0.4, -0.2) is 5.78 Å². The Morgan fingerprint density at radius 1 is 0.594 bits per heavy atom. The first-order valence-electron chi connectivity index (χ1n) is 9.12. The van der Waals surface area contributed by atoms with Crippen LogP contribution in [0.1, 0.15) is 27.0 Å². The number of hydrogen-bond acceptors (Lipinski definition) is 3. The van der Waals surface area contributed by atoms with Crippen molar-refractivity contribution in [3.05, 3.63) is 93.7 Å². The van der Waals surface area contributed by atoms with Gasteiger partial charge >= 0.3 is 12.4 Å². The third-order valence-corrected chi connectivity index (χ3v) is 6.67. The summed E-state index contributed by atoms with van der Waals surface area (Å²) in [5, 5.41) is 2.98. The zero-order valence-corrected chi connectivity index (χ0v) is 17.6. The second-order valence-corrected chi connectivity index (χ2v) is 8.57. The van der Waals surface area contributed by atoms with Crippen LogP contribution in [0.3, 0.4) is 0 Å². The van der Waals surface area contributed by atoms with E-state index < -0.39 is 29.3 Å². The van der Waals surface area contributed by atoms with E-state index in [0.717, 1.165) is 34.8 Å². The molecule has 2 heterocycles. The van der Waals surface area contributed by atoms with Crippen LogP contribution in [-0.2, 0) is 12.4 Å². The van der Waals surface area contributed by atoms with Crippen molar-refractivity contribution in [2.24, 2.45) is 0 Å². The van der Waals surface area contributed by atoms with Crippen molar-refractivity contribution in [1.82, 2.24) is 0 Å². The largest absolute Gasteiger partial charge is 0.417 e. The second-order valence-electron chi connectivity index (χ2n) is 6.74. The minimum Gasteiger partial charge on any atom is -0.289 e. The molecule has 0 N–H and O–H groups in total. The third-order valence-electron chi connectivity index (χ3n) is 4.77. The number of benzene rings is 2. The summed E-state index contributed by atoms with van der Waals surface area (Å²) in [6.45, 7) is 0. The highest BCUT2D eigenvalue weighted by atomic mass is 32.1. The lowest BCUT2D eigenvalue weighted by Crippen LogP contribution is -2.09. The molecule has 0 fully saturated rings. The molecule has 0 radical (unpaired) electrons. The van der Waals surface area contributed by atoms with E-state index in [9.17, 15) is 31.1 Å². The van der Waals surface area contributed by atoms with Gasteiger partial charge in [0.1, 0.15) is 0 Å². The molecular weight excluding hydrogens is 470 g/mol. The second kappa shape index (κ2) is 8.22. The predicted octanol–water partition coefficient (Wildman–Crippen LogP) is 8.41. The van der Waals surface area contributed by atoms with E-state index in [4.69, 9.17) is 0 Å². The summed E-state index contributed by atoms with van der Waals surface area (Å²) in [4.78, 5) is 13.6. The van der Waals surface area contributed by atoms with Crippen molar-refractivity contribution >= 4 is 28.5 Å². The van der Waals surface area contributed by atoms with Crippen LogP contribution in [0.4, 0.5) is 26.3 Å². The number of alkyl halides is 6. The van der Waals surface area contributed by atoms with Crippen LogP contribution in [0.2, 0.25) is 0 Å². The zero-order chi connectivity index (χ0) is 23.1. The van der Waals surface area contributed by atoms with Crippen LogP contribution < -0.4 is 0 Å². The van der Waals surface area contributed by atoms with Crippen LogP contribution in [0.5, 0.6) is 0 Å². The summed E-state index contributed by atoms with van der Waals surface area (Å²) in [7, 11) is 0. The Labute approximate surface area is 186 Å². The number of halogens is 6. The smallest absolute Gasteiger partial charge is 0.289 e. The van der Waals surface area contributed by atoms with Gasteiger partial charge in [0.05, 0.1) is 11.1 Å². The molecule has 0 spiro atoms. The first kappa shape index (κ1) is 22.3. The molecule has 2 aromatic heterocycles. The highest BCUT2D eigenvalue weighted by Gasteiger charge is 2.36. The molecule has 2 aromatic carbocycles. The standard InChI is InChI=1S/C23H12F6OS2/c24-22(25,26)17-7-3-1-5-13(17)20-15(9-11-31-20)19(30)16-10-12-32-21(16)14-6-2-4-8-18(14)23(27,28)29/h1-12H. The van der Waals surface area contributed by atoms with Crippen LogP contribution in [0.25, 0.3) is 20.9 Å². The molecule has 9 heteroatoms. The molecule has 0 unspecified atom stereocenters. The molecule has 0 atom stereocenters. The lowest BCUT2D eigenvalue weighted by Gasteiger charge is -2.14. The minimum absolute atomic E-state index is 0.0100. The van der Waals surface area contributed by atoms with Gasteiger partial charge in [-0.3, -0.25) is 4.79 Å².